The first-order valence-corrected chi connectivity index (χ1v) is 29.6. The molecule has 1 aliphatic carbocycles. The predicted octanol–water partition coefficient (Wildman–Crippen LogP) is 20.1. The van der Waals surface area contributed by atoms with Crippen LogP contribution in [0.2, 0.25) is 0 Å². The molecule has 10 aromatic rings. The van der Waals surface area contributed by atoms with Crippen molar-refractivity contribution in [2.75, 3.05) is 14.6 Å². The molecule has 9 aromatic carbocycles. The van der Waals surface area contributed by atoms with Crippen LogP contribution in [-0.4, -0.2) is 6.85 Å². The fourth-order valence-corrected chi connectivity index (χ4v) is 14.5. The van der Waals surface area contributed by atoms with E-state index in [-0.39, 0.29) is 33.9 Å². The van der Waals surface area contributed by atoms with E-state index in [1.54, 1.807) is 0 Å². The summed E-state index contributed by atoms with van der Waals surface area (Å²) in [5.74, 6) is 0. The third-order valence-electron chi connectivity index (χ3n) is 17.9. The molecule has 0 unspecified atom stereocenters. The third kappa shape index (κ3) is 8.44. The summed E-state index contributed by atoms with van der Waals surface area (Å²) < 4.78 is 2.74. The van der Waals surface area contributed by atoms with Crippen molar-refractivity contribution >= 4 is 94.8 Å². The van der Waals surface area contributed by atoms with Crippen LogP contribution in [0.25, 0.3) is 42.4 Å². The molecule has 0 saturated carbocycles. The molecule has 1 aromatic heterocycles. The summed E-state index contributed by atoms with van der Waals surface area (Å²) in [6.07, 6.45) is 2.37. The smallest absolute Gasteiger partial charge is 0.333 e. The summed E-state index contributed by atoms with van der Waals surface area (Å²) in [4.78, 5) is 7.81. The lowest BCUT2D eigenvalue weighted by Gasteiger charge is -2.47. The van der Waals surface area contributed by atoms with Crippen molar-refractivity contribution in [2.45, 2.75) is 130 Å². The topological polar surface area (TPSA) is 9.72 Å². The van der Waals surface area contributed by atoms with Crippen LogP contribution >= 0.6 is 11.3 Å². The average Bonchev–Trinajstić information content (AvgIpc) is 3.21. The molecule has 0 saturated heterocycles. The second-order valence-corrected chi connectivity index (χ2v) is 28.4. The molecule has 5 heteroatoms. The van der Waals surface area contributed by atoms with Gasteiger partial charge in [0.05, 0.1) is 5.69 Å². The van der Waals surface area contributed by atoms with E-state index in [2.05, 4.69) is 293 Å². The second-order valence-electron chi connectivity index (χ2n) is 27.3. The summed E-state index contributed by atoms with van der Waals surface area (Å²) in [5, 5.41) is 2.72. The van der Waals surface area contributed by atoms with Gasteiger partial charge < -0.3 is 14.6 Å². The van der Waals surface area contributed by atoms with Crippen LogP contribution in [0.15, 0.2) is 188 Å². The van der Waals surface area contributed by atoms with E-state index in [4.69, 9.17) is 0 Å². The molecule has 79 heavy (non-hydrogen) atoms. The molecule has 0 fully saturated rings. The van der Waals surface area contributed by atoms with Crippen LogP contribution in [0.1, 0.15) is 131 Å². The quantitative estimate of drug-likeness (QED) is 0.154. The molecule has 13 rings (SSSR count). The normalized spacial score (nSPS) is 15.4. The molecule has 0 amide bonds. The van der Waals surface area contributed by atoms with Gasteiger partial charge in [-0.2, -0.15) is 0 Å². The van der Waals surface area contributed by atoms with Gasteiger partial charge >= 0.3 is 6.85 Å². The van der Waals surface area contributed by atoms with E-state index in [9.17, 15) is 0 Å². The van der Waals surface area contributed by atoms with Gasteiger partial charge in [-0.3, -0.25) is 0 Å². The minimum Gasteiger partial charge on any atom is -0.376 e. The van der Waals surface area contributed by atoms with Crippen LogP contribution in [0, 0.1) is 0 Å². The van der Waals surface area contributed by atoms with Gasteiger partial charge in [0.1, 0.15) is 0 Å². The Balaban J connectivity index is 1.18. The molecule has 0 atom stereocenters. The Morgan fingerprint density at radius 3 is 1.61 bits per heavy atom. The Labute approximate surface area is 474 Å². The molecule has 2 aliphatic heterocycles. The van der Waals surface area contributed by atoms with Gasteiger partial charge in [0.2, 0.25) is 0 Å². The Morgan fingerprint density at radius 2 is 1.00 bits per heavy atom. The molecule has 0 N–H and O–H groups in total. The lowest BCUT2D eigenvalue weighted by molar-refractivity contribution is 0.332. The van der Waals surface area contributed by atoms with Crippen LogP contribution in [0.4, 0.5) is 45.5 Å². The van der Waals surface area contributed by atoms with E-state index >= 15 is 0 Å². The Hall–Kier alpha value is -7.34. The van der Waals surface area contributed by atoms with Crippen molar-refractivity contribution in [3.63, 3.8) is 0 Å². The number of nitrogens with zero attached hydrogens (tertiary/aromatic N) is 3. The summed E-state index contributed by atoms with van der Waals surface area (Å²) >= 11 is 2.00. The summed E-state index contributed by atoms with van der Waals surface area (Å²) in [6.45, 7) is 30.8. The highest BCUT2D eigenvalue weighted by molar-refractivity contribution is 7.26. The van der Waals surface area contributed by atoms with Gasteiger partial charge in [-0.05, 0) is 181 Å². The first-order chi connectivity index (χ1) is 37.6. The molecular formula is C74H74BN3S. The number of rotatable bonds is 6. The summed E-state index contributed by atoms with van der Waals surface area (Å²) in [6, 6.07) is 72.3. The van der Waals surface area contributed by atoms with Crippen LogP contribution in [0.3, 0.4) is 0 Å². The van der Waals surface area contributed by atoms with Crippen LogP contribution in [-0.2, 0) is 27.1 Å². The van der Waals surface area contributed by atoms with E-state index in [1.807, 2.05) is 11.3 Å². The van der Waals surface area contributed by atoms with Crippen molar-refractivity contribution in [2.24, 2.45) is 0 Å². The van der Waals surface area contributed by atoms with Gasteiger partial charge in [0, 0.05) is 71.1 Å². The lowest BCUT2D eigenvalue weighted by atomic mass is 9.43. The van der Waals surface area contributed by atoms with Crippen molar-refractivity contribution in [1.82, 2.24) is 0 Å². The largest absolute Gasteiger partial charge is 0.376 e. The Bertz CT molecular complexity index is 3980. The molecule has 3 aliphatic rings. The molecule has 394 valence electrons. The van der Waals surface area contributed by atoms with Crippen molar-refractivity contribution in [1.29, 1.82) is 0 Å². The monoisotopic (exact) mass is 1050 g/mol. The zero-order valence-electron chi connectivity index (χ0n) is 48.6. The fraction of sp³-hybridized carbons (Fsp3) is 0.270. The first kappa shape index (κ1) is 51.1. The number of hydrogen-bond acceptors (Lipinski definition) is 4. The minimum atomic E-state index is -0.193. The van der Waals surface area contributed by atoms with E-state index < -0.39 is 0 Å². The number of fused-ring (bicyclic) bond motifs is 9. The highest BCUT2D eigenvalue weighted by Crippen LogP contribution is 2.56. The minimum absolute atomic E-state index is 0.00281. The molecular weight excluding hydrogens is 974 g/mol. The maximum absolute atomic E-state index is 2.72. The summed E-state index contributed by atoms with van der Waals surface area (Å²) in [5.41, 5.74) is 24.0. The van der Waals surface area contributed by atoms with E-state index in [0.717, 1.165) is 17.1 Å². The maximum atomic E-state index is 2.72. The first-order valence-electron chi connectivity index (χ1n) is 28.7. The van der Waals surface area contributed by atoms with E-state index in [0.29, 0.717) is 0 Å². The standard InChI is InChI=1S/C74H74BN3S/c1-70(2,3)48-29-32-53(33-30-48)78-64-38-35-55-57-45-59-60(74(12,13)40-39-73(59,10)11)46-66(57)79-69(55)67(64)58-42-50(72(7,8)9)43-65-68(58)75(78)61-44-54(76(51-25-19-15-20-26-51)52-27-21-16-22-28-52)34-37-63(61)77(65)62-36-31-49(71(4,5)6)41-56(62)47-23-17-14-18-24-47/h14-38,41-46H,39-40H2,1-13H3. The second kappa shape index (κ2) is 18.1. The van der Waals surface area contributed by atoms with Gasteiger partial charge in [-0.1, -0.05) is 187 Å². The van der Waals surface area contributed by atoms with Crippen molar-refractivity contribution in [3.8, 4) is 22.3 Å². The Kier molecular flexibility index (Phi) is 11.7. The highest BCUT2D eigenvalue weighted by Gasteiger charge is 2.47. The average molecular weight is 1050 g/mol. The number of anilines is 8. The molecule has 0 spiro atoms. The number of para-hydroxylation sites is 2. The van der Waals surface area contributed by atoms with Gasteiger partial charge in [-0.25, -0.2) is 0 Å². The van der Waals surface area contributed by atoms with E-state index in [1.165, 1.54) is 122 Å². The predicted molar refractivity (Wildman–Crippen MR) is 345 cm³/mol. The van der Waals surface area contributed by atoms with Crippen LogP contribution in [0.5, 0.6) is 0 Å². The van der Waals surface area contributed by atoms with Gasteiger partial charge in [-0.15, -0.1) is 11.3 Å². The molecule has 0 radical (unpaired) electrons. The Morgan fingerprint density at radius 1 is 0.456 bits per heavy atom. The van der Waals surface area contributed by atoms with Gasteiger partial charge in [0.25, 0.3) is 0 Å². The highest BCUT2D eigenvalue weighted by atomic mass is 32.1. The third-order valence-corrected chi connectivity index (χ3v) is 19.1. The molecule has 3 heterocycles. The number of benzene rings is 9. The summed E-state index contributed by atoms with van der Waals surface area (Å²) in [7, 11) is 0. The SMILES string of the molecule is CC(C)(C)c1ccc(N2B3c4cc(N(c5ccccc5)c5ccccc5)ccc4N(c4ccc(C(C)(C)C)cc4-c4ccccc4)c4cc(C(C)(C)C)cc(c43)-c3c2ccc2c3sc3cc4c(cc32)C(C)(C)CCC4(C)C)cc1. The number of thiophene rings is 1. The zero-order valence-corrected chi connectivity index (χ0v) is 49.5. The zero-order chi connectivity index (χ0) is 55.1. The van der Waals surface area contributed by atoms with Gasteiger partial charge in [0.15, 0.2) is 0 Å². The molecule has 3 nitrogen and oxygen atoms in total. The maximum Gasteiger partial charge on any atom is 0.333 e. The van der Waals surface area contributed by atoms with Crippen molar-refractivity contribution < 1.29 is 0 Å². The number of hydrogen-bond donors (Lipinski definition) is 0. The van der Waals surface area contributed by atoms with Crippen LogP contribution < -0.4 is 25.5 Å². The molecule has 0 bridgehead atoms. The van der Waals surface area contributed by atoms with Crippen molar-refractivity contribution in [3.05, 3.63) is 216 Å². The lowest BCUT2D eigenvalue weighted by Crippen LogP contribution is -2.61. The fourth-order valence-electron chi connectivity index (χ4n) is 13.2.